The van der Waals surface area contributed by atoms with E-state index in [4.69, 9.17) is 4.74 Å². The molecule has 1 atom stereocenters. The van der Waals surface area contributed by atoms with Crippen LogP contribution in [0.5, 0.6) is 5.75 Å². The monoisotopic (exact) mass is 265 g/mol. The highest BCUT2D eigenvalue weighted by Crippen LogP contribution is 2.18. The molecule has 0 aromatic heterocycles. The fraction of sp³-hybridized carbons (Fsp3) is 0.429. The molecule has 0 aliphatic heterocycles. The molecular formula is C14H19NO4. The zero-order valence-electron chi connectivity index (χ0n) is 11.6. The largest absolute Gasteiger partial charge is 0.491 e. The van der Waals surface area contributed by atoms with Crippen molar-refractivity contribution in [1.29, 1.82) is 0 Å². The summed E-state index contributed by atoms with van der Waals surface area (Å²) in [5.74, 6) is -0.149. The van der Waals surface area contributed by atoms with Crippen molar-refractivity contribution in [2.24, 2.45) is 0 Å². The van der Waals surface area contributed by atoms with Crippen molar-refractivity contribution in [2.75, 3.05) is 13.7 Å². The third kappa shape index (κ3) is 4.62. The van der Waals surface area contributed by atoms with Gasteiger partial charge in [0.05, 0.1) is 7.11 Å². The van der Waals surface area contributed by atoms with Crippen LogP contribution in [0.25, 0.3) is 0 Å². The highest BCUT2D eigenvalue weighted by molar-refractivity contribution is 5.83. The van der Waals surface area contributed by atoms with E-state index in [0.29, 0.717) is 5.75 Å². The topological polar surface area (TPSA) is 64.6 Å². The van der Waals surface area contributed by atoms with Crippen LogP contribution in [0.2, 0.25) is 0 Å². The van der Waals surface area contributed by atoms with E-state index in [1.807, 2.05) is 32.0 Å². The average Bonchev–Trinajstić information content (AvgIpc) is 2.34. The molecule has 5 heteroatoms. The van der Waals surface area contributed by atoms with Gasteiger partial charge in [-0.1, -0.05) is 17.7 Å². The molecule has 0 saturated carbocycles. The second kappa shape index (κ2) is 6.78. The summed E-state index contributed by atoms with van der Waals surface area (Å²) in [6, 6.07) is 4.95. The molecule has 0 heterocycles. The first-order valence-corrected chi connectivity index (χ1v) is 5.99. The maximum absolute atomic E-state index is 11.5. The Hall–Kier alpha value is -2.04. The number of nitrogens with one attached hydrogen (secondary N) is 1. The summed E-state index contributed by atoms with van der Waals surface area (Å²) in [7, 11) is 1.27. The normalized spacial score (nSPS) is 11.6. The molecule has 104 valence electrons. The number of hydrogen-bond acceptors (Lipinski definition) is 4. The summed E-state index contributed by atoms with van der Waals surface area (Å²) in [4.78, 5) is 22.5. The van der Waals surface area contributed by atoms with Crippen molar-refractivity contribution in [3.05, 3.63) is 29.3 Å². The Morgan fingerprint density at radius 1 is 1.32 bits per heavy atom. The Morgan fingerprint density at radius 2 is 2.00 bits per heavy atom. The number of benzene rings is 1. The molecule has 0 aliphatic carbocycles. The number of carbonyl (C=O) groups is 2. The Morgan fingerprint density at radius 3 is 2.53 bits per heavy atom. The summed E-state index contributed by atoms with van der Waals surface area (Å²) < 4.78 is 10.2. The number of amides is 1. The fourth-order valence-electron chi connectivity index (χ4n) is 1.69. The number of hydrogen-bond donors (Lipinski definition) is 1. The molecule has 0 saturated heterocycles. The smallest absolute Gasteiger partial charge is 0.331 e. The second-order valence-corrected chi connectivity index (χ2v) is 4.36. The standard InChI is InChI=1S/C14H19NO4/c1-9-5-6-13(10(2)7-9)19-8-12(14(17)18-4)15-11(3)16/h5-7,12H,8H2,1-4H3,(H,15,16). The number of esters is 1. The molecule has 5 nitrogen and oxygen atoms in total. The van der Waals surface area contributed by atoms with Crippen molar-refractivity contribution < 1.29 is 19.1 Å². The Bertz CT molecular complexity index is 471. The van der Waals surface area contributed by atoms with E-state index < -0.39 is 12.0 Å². The minimum Gasteiger partial charge on any atom is -0.491 e. The van der Waals surface area contributed by atoms with Gasteiger partial charge in [-0.2, -0.15) is 0 Å². The van der Waals surface area contributed by atoms with Crippen molar-refractivity contribution in [2.45, 2.75) is 26.8 Å². The molecular weight excluding hydrogens is 246 g/mol. The Labute approximate surface area is 112 Å². The maximum atomic E-state index is 11.5. The van der Waals surface area contributed by atoms with Crippen LogP contribution in [0, 0.1) is 13.8 Å². The molecule has 1 rings (SSSR count). The van der Waals surface area contributed by atoms with Gasteiger partial charge in [-0.15, -0.1) is 0 Å². The second-order valence-electron chi connectivity index (χ2n) is 4.36. The van der Waals surface area contributed by atoms with E-state index in [9.17, 15) is 9.59 Å². The summed E-state index contributed by atoms with van der Waals surface area (Å²) in [6.45, 7) is 5.29. The average molecular weight is 265 g/mol. The molecule has 1 aromatic carbocycles. The predicted octanol–water partition coefficient (Wildman–Crippen LogP) is 1.36. The van der Waals surface area contributed by atoms with Crippen molar-refractivity contribution >= 4 is 11.9 Å². The lowest BCUT2D eigenvalue weighted by Crippen LogP contribution is -2.44. The van der Waals surface area contributed by atoms with Gasteiger partial charge in [0.15, 0.2) is 6.04 Å². The lowest BCUT2D eigenvalue weighted by atomic mass is 10.1. The van der Waals surface area contributed by atoms with Crippen LogP contribution in [-0.4, -0.2) is 31.6 Å². The lowest BCUT2D eigenvalue weighted by Gasteiger charge is -2.17. The molecule has 0 bridgehead atoms. The van der Waals surface area contributed by atoms with E-state index in [1.54, 1.807) is 0 Å². The van der Waals surface area contributed by atoms with Crippen molar-refractivity contribution in [3.63, 3.8) is 0 Å². The summed E-state index contributed by atoms with van der Waals surface area (Å²) in [5.41, 5.74) is 2.11. The van der Waals surface area contributed by atoms with Gasteiger partial charge < -0.3 is 14.8 Å². The Balaban J connectivity index is 2.70. The van der Waals surface area contributed by atoms with Crippen LogP contribution < -0.4 is 10.1 Å². The SMILES string of the molecule is COC(=O)C(COc1ccc(C)cc1C)NC(C)=O. The molecule has 0 radical (unpaired) electrons. The number of rotatable bonds is 5. The van der Waals surface area contributed by atoms with Crippen molar-refractivity contribution in [1.82, 2.24) is 5.32 Å². The van der Waals surface area contributed by atoms with Gasteiger partial charge in [-0.05, 0) is 25.5 Å². The number of aryl methyl sites for hydroxylation is 2. The number of methoxy groups -OCH3 is 1. The first-order valence-electron chi connectivity index (χ1n) is 5.99. The van der Waals surface area contributed by atoms with Crippen LogP contribution in [0.1, 0.15) is 18.1 Å². The molecule has 0 fully saturated rings. The van der Waals surface area contributed by atoms with Crippen LogP contribution in [-0.2, 0) is 14.3 Å². The van der Waals surface area contributed by atoms with E-state index in [-0.39, 0.29) is 12.5 Å². The van der Waals surface area contributed by atoms with Gasteiger partial charge in [0.1, 0.15) is 12.4 Å². The van der Waals surface area contributed by atoms with E-state index in [0.717, 1.165) is 11.1 Å². The third-order valence-corrected chi connectivity index (χ3v) is 2.60. The van der Waals surface area contributed by atoms with Crippen molar-refractivity contribution in [3.8, 4) is 5.75 Å². The minimum absolute atomic E-state index is 0.0379. The molecule has 0 spiro atoms. The molecule has 19 heavy (non-hydrogen) atoms. The van der Waals surface area contributed by atoms with Gasteiger partial charge >= 0.3 is 5.97 Å². The third-order valence-electron chi connectivity index (χ3n) is 2.60. The van der Waals surface area contributed by atoms with E-state index in [2.05, 4.69) is 10.1 Å². The van der Waals surface area contributed by atoms with Gasteiger partial charge in [-0.3, -0.25) is 4.79 Å². The molecule has 1 unspecified atom stereocenters. The van der Waals surface area contributed by atoms with Crippen LogP contribution in [0.3, 0.4) is 0 Å². The van der Waals surface area contributed by atoms with Gasteiger partial charge in [0.25, 0.3) is 0 Å². The van der Waals surface area contributed by atoms with E-state index in [1.165, 1.54) is 14.0 Å². The quantitative estimate of drug-likeness (QED) is 0.816. The number of ether oxygens (including phenoxy) is 2. The van der Waals surface area contributed by atoms with Crippen LogP contribution in [0.15, 0.2) is 18.2 Å². The van der Waals surface area contributed by atoms with Gasteiger partial charge in [0.2, 0.25) is 5.91 Å². The van der Waals surface area contributed by atoms with Gasteiger partial charge in [0, 0.05) is 6.92 Å². The van der Waals surface area contributed by atoms with Crippen LogP contribution in [0.4, 0.5) is 0 Å². The maximum Gasteiger partial charge on any atom is 0.331 e. The summed E-state index contributed by atoms with van der Waals surface area (Å²) >= 11 is 0. The Kier molecular flexibility index (Phi) is 5.36. The molecule has 1 aromatic rings. The molecule has 1 N–H and O–H groups in total. The zero-order chi connectivity index (χ0) is 14.4. The van der Waals surface area contributed by atoms with Gasteiger partial charge in [-0.25, -0.2) is 4.79 Å². The zero-order valence-corrected chi connectivity index (χ0v) is 11.6. The van der Waals surface area contributed by atoms with E-state index >= 15 is 0 Å². The predicted molar refractivity (Wildman–Crippen MR) is 71.0 cm³/mol. The first kappa shape index (κ1) is 15.0. The minimum atomic E-state index is -0.803. The highest BCUT2D eigenvalue weighted by Gasteiger charge is 2.21. The lowest BCUT2D eigenvalue weighted by molar-refractivity contribution is -0.145. The first-order chi connectivity index (χ1) is 8.93. The van der Waals surface area contributed by atoms with Crippen LogP contribution >= 0.6 is 0 Å². The summed E-state index contributed by atoms with van der Waals surface area (Å²) in [5, 5.41) is 2.49. The number of carbonyl (C=O) groups excluding carboxylic acids is 2. The molecule has 1 amide bonds. The fourth-order valence-corrected chi connectivity index (χ4v) is 1.69. The highest BCUT2D eigenvalue weighted by atomic mass is 16.5. The molecule has 0 aliphatic rings. The summed E-state index contributed by atoms with van der Waals surface area (Å²) in [6.07, 6.45) is 0.